The van der Waals surface area contributed by atoms with Crippen LogP contribution in [-0.4, -0.2) is 5.11 Å². The molecule has 3 rings (SSSR count). The van der Waals surface area contributed by atoms with Crippen molar-refractivity contribution in [1.82, 2.24) is 0 Å². The quantitative estimate of drug-likeness (QED) is 0.886. The first kappa shape index (κ1) is 12.9. The van der Waals surface area contributed by atoms with Crippen molar-refractivity contribution in [3.05, 3.63) is 70.2 Å². The van der Waals surface area contributed by atoms with E-state index in [9.17, 15) is 5.11 Å². The molecule has 0 aliphatic heterocycles. The molecule has 0 saturated heterocycles. The standard InChI is InChI=1S/C17H17BrO/c1-17(19,13-7-9-14(18)10-8-13)16-11-15(16)12-5-3-2-4-6-12/h2-10,15-16,19H,11H2,1H3. The molecule has 3 unspecified atom stereocenters. The second kappa shape index (κ2) is 4.77. The van der Waals surface area contributed by atoms with E-state index in [1.54, 1.807) is 0 Å². The van der Waals surface area contributed by atoms with Gasteiger partial charge in [-0.25, -0.2) is 0 Å². The predicted molar refractivity (Wildman–Crippen MR) is 81.0 cm³/mol. The van der Waals surface area contributed by atoms with Crippen LogP contribution in [0.1, 0.15) is 30.4 Å². The van der Waals surface area contributed by atoms with Crippen molar-refractivity contribution >= 4 is 15.9 Å². The van der Waals surface area contributed by atoms with Crippen LogP contribution in [0.2, 0.25) is 0 Å². The Kier molecular flexibility index (Phi) is 3.23. The molecule has 2 heteroatoms. The third-order valence-corrected chi connectivity index (χ3v) is 4.70. The molecule has 0 heterocycles. The fraction of sp³-hybridized carbons (Fsp3) is 0.294. The number of halogens is 1. The Bertz CT molecular complexity index is 560. The SMILES string of the molecule is CC(O)(c1ccc(Br)cc1)C1CC1c1ccccc1. The summed E-state index contributed by atoms with van der Waals surface area (Å²) in [5, 5.41) is 10.8. The zero-order valence-electron chi connectivity index (χ0n) is 10.9. The van der Waals surface area contributed by atoms with Crippen LogP contribution in [0.4, 0.5) is 0 Å². The number of hydrogen-bond donors (Lipinski definition) is 1. The molecule has 1 saturated carbocycles. The topological polar surface area (TPSA) is 20.2 Å². The molecule has 0 spiro atoms. The van der Waals surface area contributed by atoms with Crippen molar-refractivity contribution in [1.29, 1.82) is 0 Å². The molecule has 1 fully saturated rings. The lowest BCUT2D eigenvalue weighted by molar-refractivity contribution is 0.0309. The Balaban J connectivity index is 1.82. The molecule has 1 aliphatic rings. The largest absolute Gasteiger partial charge is 0.385 e. The molecule has 1 aliphatic carbocycles. The van der Waals surface area contributed by atoms with Gasteiger partial charge in [0.1, 0.15) is 0 Å². The van der Waals surface area contributed by atoms with Gasteiger partial charge in [0, 0.05) is 4.47 Å². The first-order valence-corrected chi connectivity index (χ1v) is 7.41. The summed E-state index contributed by atoms with van der Waals surface area (Å²) in [6, 6.07) is 18.5. The Hall–Kier alpha value is -1.12. The highest BCUT2D eigenvalue weighted by atomic mass is 79.9. The van der Waals surface area contributed by atoms with E-state index in [2.05, 4.69) is 40.2 Å². The van der Waals surface area contributed by atoms with Crippen LogP contribution in [0, 0.1) is 5.92 Å². The Morgan fingerprint density at radius 2 is 1.68 bits per heavy atom. The van der Waals surface area contributed by atoms with Gasteiger partial charge in [0.05, 0.1) is 5.60 Å². The van der Waals surface area contributed by atoms with Gasteiger partial charge in [0.25, 0.3) is 0 Å². The van der Waals surface area contributed by atoms with Gasteiger partial charge < -0.3 is 5.11 Å². The fourth-order valence-electron chi connectivity index (χ4n) is 2.89. The van der Waals surface area contributed by atoms with Gasteiger partial charge in [-0.15, -0.1) is 0 Å². The van der Waals surface area contributed by atoms with E-state index in [1.165, 1.54) is 5.56 Å². The number of hydrogen-bond acceptors (Lipinski definition) is 1. The molecular formula is C17H17BrO. The summed E-state index contributed by atoms with van der Waals surface area (Å²) >= 11 is 3.43. The fourth-order valence-corrected chi connectivity index (χ4v) is 3.15. The van der Waals surface area contributed by atoms with Crippen LogP contribution in [0.5, 0.6) is 0 Å². The molecule has 0 radical (unpaired) electrons. The lowest BCUT2D eigenvalue weighted by Crippen LogP contribution is -2.24. The average Bonchev–Trinajstić information content (AvgIpc) is 3.21. The molecular weight excluding hydrogens is 300 g/mol. The number of aliphatic hydroxyl groups is 1. The summed E-state index contributed by atoms with van der Waals surface area (Å²) in [5.74, 6) is 0.802. The van der Waals surface area contributed by atoms with Gasteiger partial charge in [-0.05, 0) is 48.4 Å². The van der Waals surface area contributed by atoms with Gasteiger partial charge in [-0.1, -0.05) is 58.4 Å². The Morgan fingerprint density at radius 1 is 1.05 bits per heavy atom. The summed E-state index contributed by atoms with van der Waals surface area (Å²) in [7, 11) is 0. The van der Waals surface area contributed by atoms with E-state index < -0.39 is 5.60 Å². The molecule has 98 valence electrons. The van der Waals surface area contributed by atoms with Gasteiger partial charge in [-0.2, -0.15) is 0 Å². The van der Waals surface area contributed by atoms with E-state index in [-0.39, 0.29) is 0 Å². The highest BCUT2D eigenvalue weighted by Gasteiger charge is 2.50. The summed E-state index contributed by atoms with van der Waals surface area (Å²) < 4.78 is 1.04. The van der Waals surface area contributed by atoms with E-state index >= 15 is 0 Å². The monoisotopic (exact) mass is 316 g/mol. The van der Waals surface area contributed by atoms with Crippen molar-refractivity contribution in [3.63, 3.8) is 0 Å². The van der Waals surface area contributed by atoms with Crippen molar-refractivity contribution in [2.75, 3.05) is 0 Å². The maximum Gasteiger partial charge on any atom is 0.0902 e. The van der Waals surface area contributed by atoms with E-state index in [0.717, 1.165) is 16.5 Å². The molecule has 2 aromatic rings. The van der Waals surface area contributed by atoms with E-state index in [0.29, 0.717) is 11.8 Å². The predicted octanol–water partition coefficient (Wildman–Crippen LogP) is 4.46. The molecule has 3 atom stereocenters. The Morgan fingerprint density at radius 3 is 2.32 bits per heavy atom. The minimum absolute atomic E-state index is 0.316. The smallest absolute Gasteiger partial charge is 0.0902 e. The lowest BCUT2D eigenvalue weighted by Gasteiger charge is -2.24. The van der Waals surface area contributed by atoms with Crippen molar-refractivity contribution in [3.8, 4) is 0 Å². The van der Waals surface area contributed by atoms with Gasteiger partial charge in [0.2, 0.25) is 0 Å². The Labute approximate surface area is 122 Å². The maximum atomic E-state index is 10.8. The van der Waals surface area contributed by atoms with Gasteiger partial charge >= 0.3 is 0 Å². The second-order valence-corrected chi connectivity index (χ2v) is 6.43. The summed E-state index contributed by atoms with van der Waals surface area (Å²) in [4.78, 5) is 0. The first-order chi connectivity index (χ1) is 9.09. The zero-order valence-corrected chi connectivity index (χ0v) is 12.5. The molecule has 2 aromatic carbocycles. The van der Waals surface area contributed by atoms with Crippen LogP contribution in [0.25, 0.3) is 0 Å². The van der Waals surface area contributed by atoms with Gasteiger partial charge in [0.15, 0.2) is 0 Å². The maximum absolute atomic E-state index is 10.8. The summed E-state index contributed by atoms with van der Waals surface area (Å²) in [5.41, 5.74) is 1.59. The van der Waals surface area contributed by atoms with Crippen molar-refractivity contribution in [2.45, 2.75) is 24.9 Å². The highest BCUT2D eigenvalue weighted by Crippen LogP contribution is 2.56. The van der Waals surface area contributed by atoms with Crippen LogP contribution >= 0.6 is 15.9 Å². The molecule has 0 aromatic heterocycles. The third kappa shape index (κ3) is 2.47. The van der Waals surface area contributed by atoms with Crippen LogP contribution in [0.15, 0.2) is 59.1 Å². The number of rotatable bonds is 3. The minimum atomic E-state index is -0.749. The molecule has 1 nitrogen and oxygen atoms in total. The highest BCUT2D eigenvalue weighted by molar-refractivity contribution is 9.10. The second-order valence-electron chi connectivity index (χ2n) is 5.51. The first-order valence-electron chi connectivity index (χ1n) is 6.62. The van der Waals surface area contributed by atoms with Crippen molar-refractivity contribution in [2.24, 2.45) is 5.92 Å². The zero-order chi connectivity index (χ0) is 13.5. The van der Waals surface area contributed by atoms with Crippen LogP contribution in [-0.2, 0) is 5.60 Å². The van der Waals surface area contributed by atoms with Gasteiger partial charge in [-0.3, -0.25) is 0 Å². The molecule has 1 N–H and O–H groups in total. The summed E-state index contributed by atoms with van der Waals surface area (Å²) in [6.45, 7) is 1.93. The lowest BCUT2D eigenvalue weighted by atomic mass is 9.89. The molecule has 0 bridgehead atoms. The molecule has 19 heavy (non-hydrogen) atoms. The molecule has 0 amide bonds. The van der Waals surface area contributed by atoms with E-state index in [1.807, 2.05) is 37.3 Å². The minimum Gasteiger partial charge on any atom is -0.385 e. The normalized spacial score (nSPS) is 24.8. The summed E-state index contributed by atoms with van der Waals surface area (Å²) in [6.07, 6.45) is 1.06. The van der Waals surface area contributed by atoms with Crippen LogP contribution in [0.3, 0.4) is 0 Å². The van der Waals surface area contributed by atoms with E-state index in [4.69, 9.17) is 0 Å². The number of benzene rings is 2. The average molecular weight is 317 g/mol. The van der Waals surface area contributed by atoms with Crippen molar-refractivity contribution < 1.29 is 5.11 Å². The third-order valence-electron chi connectivity index (χ3n) is 4.17. The van der Waals surface area contributed by atoms with Crippen LogP contribution < -0.4 is 0 Å².